The van der Waals surface area contributed by atoms with Crippen LogP contribution in [-0.4, -0.2) is 11.8 Å². The molecule has 0 heterocycles. The molecule has 128 valence electrons. The Bertz CT molecular complexity index is 182. The van der Waals surface area contributed by atoms with Crippen LogP contribution in [0.15, 0.2) is 0 Å². The third kappa shape index (κ3) is 19.9. The second kappa shape index (κ2) is 18.0. The number of hydrogen-bond donors (Lipinski definition) is 2. The lowest BCUT2D eigenvalue weighted by Gasteiger charge is -2.05. The number of rotatable bonds is 17. The lowest BCUT2D eigenvalue weighted by Crippen LogP contribution is -2.07. The van der Waals surface area contributed by atoms with Gasteiger partial charge in [0.2, 0.25) is 0 Å². The van der Waals surface area contributed by atoms with Gasteiger partial charge in [0.1, 0.15) is 0 Å². The van der Waals surface area contributed by atoms with Crippen molar-refractivity contribution in [2.24, 2.45) is 5.92 Å². The monoisotopic (exact) mass is 299 g/mol. The summed E-state index contributed by atoms with van der Waals surface area (Å²) in [5.74, 6) is 0.886. The Balaban J connectivity index is 2.93. The van der Waals surface area contributed by atoms with Gasteiger partial charge in [0, 0.05) is 6.54 Å². The van der Waals surface area contributed by atoms with Gasteiger partial charge in [0.25, 0.3) is 0 Å². The van der Waals surface area contributed by atoms with Gasteiger partial charge < -0.3 is 5.21 Å². The van der Waals surface area contributed by atoms with E-state index < -0.39 is 0 Å². The van der Waals surface area contributed by atoms with Crippen molar-refractivity contribution in [2.75, 3.05) is 6.54 Å². The average molecular weight is 300 g/mol. The summed E-state index contributed by atoms with van der Waals surface area (Å²) < 4.78 is 0. The Morgan fingerprint density at radius 1 is 0.571 bits per heavy atom. The zero-order valence-corrected chi connectivity index (χ0v) is 14.8. The molecule has 0 saturated carbocycles. The van der Waals surface area contributed by atoms with Crippen LogP contribution in [0.3, 0.4) is 0 Å². The molecule has 0 aliphatic carbocycles. The van der Waals surface area contributed by atoms with Crippen LogP contribution in [-0.2, 0) is 0 Å². The first-order valence-corrected chi connectivity index (χ1v) is 9.64. The maximum Gasteiger partial charge on any atom is 0.0207 e. The van der Waals surface area contributed by atoms with Crippen molar-refractivity contribution in [2.45, 2.75) is 110 Å². The summed E-state index contributed by atoms with van der Waals surface area (Å²) in [6, 6.07) is 0. The number of nitrogens with one attached hydrogen (secondary N) is 1. The van der Waals surface area contributed by atoms with Crippen LogP contribution in [0.5, 0.6) is 0 Å². The molecular formula is C19H41NO. The Hall–Kier alpha value is -0.0800. The normalized spacial score (nSPS) is 11.4. The van der Waals surface area contributed by atoms with Gasteiger partial charge in [0.15, 0.2) is 0 Å². The highest BCUT2D eigenvalue weighted by atomic mass is 16.5. The number of unbranched alkanes of at least 4 members (excludes halogenated alkanes) is 13. The molecule has 2 heteroatoms. The molecule has 0 aliphatic rings. The van der Waals surface area contributed by atoms with E-state index in [1.807, 2.05) is 0 Å². The molecule has 2 nitrogen and oxygen atoms in total. The Morgan fingerprint density at radius 2 is 0.905 bits per heavy atom. The van der Waals surface area contributed by atoms with Crippen molar-refractivity contribution in [3.63, 3.8) is 0 Å². The van der Waals surface area contributed by atoms with Gasteiger partial charge in [-0.1, -0.05) is 104 Å². The summed E-state index contributed by atoms with van der Waals surface area (Å²) in [6.45, 7) is 5.40. The van der Waals surface area contributed by atoms with E-state index in [1.54, 1.807) is 0 Å². The molecule has 0 radical (unpaired) electrons. The first-order valence-electron chi connectivity index (χ1n) is 9.64. The summed E-state index contributed by atoms with van der Waals surface area (Å²) in [4.78, 5) is 0. The highest BCUT2D eigenvalue weighted by Crippen LogP contribution is 2.14. The van der Waals surface area contributed by atoms with Crippen molar-refractivity contribution in [1.82, 2.24) is 5.48 Å². The fourth-order valence-electron chi connectivity index (χ4n) is 2.88. The minimum absolute atomic E-state index is 0.747. The summed E-state index contributed by atoms with van der Waals surface area (Å²) in [5.41, 5.74) is 2.22. The molecule has 21 heavy (non-hydrogen) atoms. The minimum Gasteiger partial charge on any atom is -0.317 e. The van der Waals surface area contributed by atoms with E-state index in [0.29, 0.717) is 0 Å². The smallest absolute Gasteiger partial charge is 0.0207 e. The largest absolute Gasteiger partial charge is 0.317 e. The van der Waals surface area contributed by atoms with E-state index in [2.05, 4.69) is 19.3 Å². The van der Waals surface area contributed by atoms with Gasteiger partial charge in [-0.15, -0.1) is 0 Å². The molecule has 0 amide bonds. The van der Waals surface area contributed by atoms with Crippen molar-refractivity contribution in [3.8, 4) is 0 Å². The third-order valence-corrected chi connectivity index (χ3v) is 4.32. The zero-order valence-electron chi connectivity index (χ0n) is 14.8. The van der Waals surface area contributed by atoms with Crippen molar-refractivity contribution in [1.29, 1.82) is 0 Å². The fourth-order valence-corrected chi connectivity index (χ4v) is 2.88. The topological polar surface area (TPSA) is 32.3 Å². The highest BCUT2D eigenvalue weighted by Gasteiger charge is 1.96. The first kappa shape index (κ1) is 20.9. The minimum atomic E-state index is 0.747. The van der Waals surface area contributed by atoms with Crippen LogP contribution in [0.25, 0.3) is 0 Å². The maximum atomic E-state index is 8.44. The molecule has 0 aromatic carbocycles. The molecule has 2 N–H and O–H groups in total. The van der Waals surface area contributed by atoms with Crippen LogP contribution < -0.4 is 5.48 Å². The second-order valence-corrected chi connectivity index (χ2v) is 7.04. The summed E-state index contributed by atoms with van der Waals surface area (Å²) in [7, 11) is 0. The molecule has 0 saturated heterocycles. The predicted octanol–water partition coefficient (Wildman–Crippen LogP) is 6.47. The third-order valence-electron chi connectivity index (χ3n) is 4.32. The second-order valence-electron chi connectivity index (χ2n) is 7.04. The quantitative estimate of drug-likeness (QED) is 0.238. The molecule has 0 bridgehead atoms. The summed E-state index contributed by atoms with van der Waals surface area (Å²) >= 11 is 0. The van der Waals surface area contributed by atoms with Gasteiger partial charge in [-0.3, -0.25) is 0 Å². The summed E-state index contributed by atoms with van der Waals surface area (Å²) in [6.07, 6.45) is 20.9. The van der Waals surface area contributed by atoms with Gasteiger partial charge >= 0.3 is 0 Å². The van der Waals surface area contributed by atoms with Crippen LogP contribution >= 0.6 is 0 Å². The van der Waals surface area contributed by atoms with Crippen LogP contribution in [0.2, 0.25) is 0 Å². The highest BCUT2D eigenvalue weighted by molar-refractivity contribution is 4.51. The van der Waals surface area contributed by atoms with E-state index in [0.717, 1.165) is 18.9 Å². The Kier molecular flexibility index (Phi) is 17.9. The van der Waals surface area contributed by atoms with Crippen LogP contribution in [0, 0.1) is 5.92 Å². The summed E-state index contributed by atoms with van der Waals surface area (Å²) in [5, 5.41) is 8.44. The number of hydroxylamine groups is 1. The standard InChI is InChI=1S/C19H41NO/c1-19(2)17-15-13-11-9-7-5-3-4-6-8-10-12-14-16-18-20-21/h19-21H,3-18H2,1-2H3. The molecular weight excluding hydrogens is 258 g/mol. The van der Waals surface area contributed by atoms with E-state index in [9.17, 15) is 0 Å². The number of hydrogen-bond acceptors (Lipinski definition) is 2. The van der Waals surface area contributed by atoms with E-state index in [1.165, 1.54) is 89.9 Å². The van der Waals surface area contributed by atoms with Gasteiger partial charge in [0.05, 0.1) is 0 Å². The van der Waals surface area contributed by atoms with Crippen molar-refractivity contribution in [3.05, 3.63) is 0 Å². The van der Waals surface area contributed by atoms with E-state index in [-0.39, 0.29) is 0 Å². The molecule has 0 aromatic rings. The Morgan fingerprint density at radius 3 is 1.24 bits per heavy atom. The lowest BCUT2D eigenvalue weighted by molar-refractivity contribution is 0.164. The zero-order chi connectivity index (χ0) is 15.6. The van der Waals surface area contributed by atoms with Crippen LogP contribution in [0.1, 0.15) is 110 Å². The Labute approximate surface area is 134 Å². The molecule has 0 atom stereocenters. The maximum absolute atomic E-state index is 8.44. The lowest BCUT2D eigenvalue weighted by atomic mass is 10.0. The predicted molar refractivity (Wildman–Crippen MR) is 93.9 cm³/mol. The molecule has 0 aliphatic heterocycles. The average Bonchev–Trinajstić information content (AvgIpc) is 2.46. The first-order chi connectivity index (χ1) is 10.3. The fraction of sp³-hybridized carbons (Fsp3) is 1.00. The van der Waals surface area contributed by atoms with Crippen molar-refractivity contribution < 1.29 is 5.21 Å². The molecule has 0 spiro atoms. The van der Waals surface area contributed by atoms with Gasteiger partial charge in [-0.25, -0.2) is 5.48 Å². The molecule has 0 rings (SSSR count). The molecule has 0 fully saturated rings. The van der Waals surface area contributed by atoms with E-state index >= 15 is 0 Å². The van der Waals surface area contributed by atoms with Crippen LogP contribution in [0.4, 0.5) is 0 Å². The SMILES string of the molecule is CC(C)CCCCCCCCCCCCCCCCNO. The van der Waals surface area contributed by atoms with Crippen molar-refractivity contribution >= 4 is 0 Å². The van der Waals surface area contributed by atoms with Gasteiger partial charge in [-0.05, 0) is 12.3 Å². The molecule has 0 unspecified atom stereocenters. The van der Waals surface area contributed by atoms with Gasteiger partial charge in [-0.2, -0.15) is 0 Å². The van der Waals surface area contributed by atoms with E-state index in [4.69, 9.17) is 5.21 Å². The molecule has 0 aromatic heterocycles.